The first kappa shape index (κ1) is 15.0. The topological polar surface area (TPSA) is 42.0 Å². The normalized spacial score (nSPS) is 11.3. The lowest BCUT2D eigenvalue weighted by atomic mass is 10.1. The van der Waals surface area contributed by atoms with Crippen LogP contribution in [-0.2, 0) is 6.18 Å². The molecule has 0 spiro atoms. The van der Waals surface area contributed by atoms with E-state index in [1.54, 1.807) is 19.9 Å². The van der Waals surface area contributed by atoms with Gasteiger partial charge in [-0.3, -0.25) is 9.78 Å². The number of alkyl halides is 3. The zero-order chi connectivity index (χ0) is 15.6. The number of nitrogens with zero attached hydrogens (tertiary/aromatic N) is 1. The number of rotatable bonds is 2. The molecule has 1 heterocycles. The van der Waals surface area contributed by atoms with E-state index in [4.69, 9.17) is 0 Å². The van der Waals surface area contributed by atoms with Crippen molar-refractivity contribution in [2.24, 2.45) is 0 Å². The van der Waals surface area contributed by atoms with Crippen molar-refractivity contribution in [1.29, 1.82) is 0 Å². The Hall–Kier alpha value is -2.37. The van der Waals surface area contributed by atoms with E-state index in [9.17, 15) is 18.0 Å². The average molecular weight is 294 g/mol. The third-order valence-electron chi connectivity index (χ3n) is 3.17. The number of carbonyl (C=O) groups is 1. The fourth-order valence-corrected chi connectivity index (χ4v) is 1.83. The number of aryl methyl sites for hydroxylation is 1. The zero-order valence-electron chi connectivity index (χ0n) is 11.5. The Morgan fingerprint density at radius 2 is 1.71 bits per heavy atom. The Kier molecular flexibility index (Phi) is 3.97. The number of pyridine rings is 1. The summed E-state index contributed by atoms with van der Waals surface area (Å²) in [6.07, 6.45) is -2.87. The predicted molar refractivity (Wildman–Crippen MR) is 73.1 cm³/mol. The lowest BCUT2D eigenvalue weighted by molar-refractivity contribution is -0.137. The highest BCUT2D eigenvalue weighted by atomic mass is 19.4. The second-order valence-corrected chi connectivity index (χ2v) is 4.60. The summed E-state index contributed by atoms with van der Waals surface area (Å²) in [6, 6.07) is 5.89. The van der Waals surface area contributed by atoms with Crippen LogP contribution in [0.4, 0.5) is 18.9 Å². The molecule has 0 aliphatic carbocycles. The highest BCUT2D eigenvalue weighted by Gasteiger charge is 2.30. The number of anilines is 1. The van der Waals surface area contributed by atoms with E-state index in [2.05, 4.69) is 10.3 Å². The molecule has 1 amide bonds. The molecule has 0 saturated heterocycles. The first-order valence-corrected chi connectivity index (χ1v) is 6.20. The molecule has 3 nitrogen and oxygen atoms in total. The van der Waals surface area contributed by atoms with Crippen molar-refractivity contribution in [1.82, 2.24) is 4.98 Å². The first-order valence-electron chi connectivity index (χ1n) is 6.20. The van der Waals surface area contributed by atoms with Crippen LogP contribution in [-0.4, -0.2) is 10.9 Å². The number of hydrogen-bond acceptors (Lipinski definition) is 2. The predicted octanol–water partition coefficient (Wildman–Crippen LogP) is 3.97. The second-order valence-electron chi connectivity index (χ2n) is 4.60. The molecule has 0 atom stereocenters. The largest absolute Gasteiger partial charge is 0.416 e. The molecular weight excluding hydrogens is 281 g/mol. The number of aromatic nitrogens is 1. The van der Waals surface area contributed by atoms with Gasteiger partial charge in [-0.15, -0.1) is 0 Å². The summed E-state index contributed by atoms with van der Waals surface area (Å²) in [7, 11) is 0. The Labute approximate surface area is 119 Å². The number of amides is 1. The summed E-state index contributed by atoms with van der Waals surface area (Å²) in [4.78, 5) is 16.2. The van der Waals surface area contributed by atoms with Crippen LogP contribution in [0, 0.1) is 13.8 Å². The van der Waals surface area contributed by atoms with Crippen molar-refractivity contribution in [2.45, 2.75) is 20.0 Å². The molecule has 0 bridgehead atoms. The molecule has 1 aromatic heterocycles. The molecule has 0 aliphatic heterocycles. The van der Waals surface area contributed by atoms with Gasteiger partial charge in [-0.25, -0.2) is 0 Å². The minimum Gasteiger partial charge on any atom is -0.322 e. The third kappa shape index (κ3) is 3.39. The Morgan fingerprint density at radius 1 is 1.10 bits per heavy atom. The van der Waals surface area contributed by atoms with Crippen LogP contribution < -0.4 is 5.32 Å². The summed E-state index contributed by atoms with van der Waals surface area (Å²) >= 11 is 0. The van der Waals surface area contributed by atoms with Gasteiger partial charge in [0.2, 0.25) is 0 Å². The maximum absolute atomic E-state index is 12.5. The van der Waals surface area contributed by atoms with Gasteiger partial charge in [-0.1, -0.05) is 0 Å². The van der Waals surface area contributed by atoms with Crippen molar-refractivity contribution in [3.63, 3.8) is 0 Å². The molecule has 110 valence electrons. The molecule has 0 radical (unpaired) electrons. The van der Waals surface area contributed by atoms with E-state index in [1.165, 1.54) is 18.3 Å². The summed E-state index contributed by atoms with van der Waals surface area (Å²) in [5.41, 5.74) is 1.47. The van der Waals surface area contributed by atoms with E-state index in [-0.39, 0.29) is 5.91 Å². The fraction of sp³-hybridized carbons (Fsp3) is 0.200. The van der Waals surface area contributed by atoms with Crippen molar-refractivity contribution in [3.05, 3.63) is 58.9 Å². The van der Waals surface area contributed by atoms with Crippen molar-refractivity contribution < 1.29 is 18.0 Å². The average Bonchev–Trinajstić information content (AvgIpc) is 2.41. The van der Waals surface area contributed by atoms with Gasteiger partial charge in [0.15, 0.2) is 0 Å². The van der Waals surface area contributed by atoms with Crippen molar-refractivity contribution in [2.75, 3.05) is 5.32 Å². The molecule has 1 N–H and O–H groups in total. The monoisotopic (exact) mass is 294 g/mol. The zero-order valence-corrected chi connectivity index (χ0v) is 11.5. The van der Waals surface area contributed by atoms with Crippen LogP contribution >= 0.6 is 0 Å². The maximum Gasteiger partial charge on any atom is 0.416 e. The van der Waals surface area contributed by atoms with Crippen LogP contribution in [0.1, 0.15) is 27.2 Å². The van der Waals surface area contributed by atoms with Crippen molar-refractivity contribution in [3.8, 4) is 0 Å². The Morgan fingerprint density at radius 3 is 2.29 bits per heavy atom. The molecule has 1 aromatic carbocycles. The van der Waals surface area contributed by atoms with Gasteiger partial charge in [-0.05, 0) is 49.7 Å². The van der Waals surface area contributed by atoms with Crippen LogP contribution in [0.5, 0.6) is 0 Å². The van der Waals surface area contributed by atoms with Crippen LogP contribution in [0.2, 0.25) is 0 Å². The molecular formula is C15H13F3N2O. The van der Waals surface area contributed by atoms with Gasteiger partial charge in [0.25, 0.3) is 5.91 Å². The van der Waals surface area contributed by atoms with Gasteiger partial charge in [-0.2, -0.15) is 13.2 Å². The molecule has 0 aliphatic rings. The lowest BCUT2D eigenvalue weighted by Crippen LogP contribution is -2.14. The summed E-state index contributed by atoms with van der Waals surface area (Å²) in [6.45, 7) is 3.55. The number of halogens is 3. The quantitative estimate of drug-likeness (QED) is 0.910. The third-order valence-corrected chi connectivity index (χ3v) is 3.17. The molecule has 6 heteroatoms. The van der Waals surface area contributed by atoms with E-state index in [0.717, 1.165) is 23.4 Å². The summed E-state index contributed by atoms with van der Waals surface area (Å²) in [5.74, 6) is -0.377. The van der Waals surface area contributed by atoms with E-state index in [1.807, 2.05) is 0 Å². The number of hydrogen-bond donors (Lipinski definition) is 1. The Bertz CT molecular complexity index is 664. The smallest absolute Gasteiger partial charge is 0.322 e. The van der Waals surface area contributed by atoms with Crippen LogP contribution in [0.25, 0.3) is 0 Å². The molecule has 2 aromatic rings. The number of carbonyl (C=O) groups excluding carboxylic acids is 1. The minimum atomic E-state index is -4.39. The molecule has 21 heavy (non-hydrogen) atoms. The van der Waals surface area contributed by atoms with Gasteiger partial charge in [0.1, 0.15) is 0 Å². The SMILES string of the molecule is Cc1nccc(C(=O)Nc2ccc(C(F)(F)F)cc2)c1C. The van der Waals surface area contributed by atoms with Gasteiger partial charge >= 0.3 is 6.18 Å². The minimum absolute atomic E-state index is 0.307. The Balaban J connectivity index is 2.18. The van der Waals surface area contributed by atoms with Gasteiger partial charge in [0.05, 0.1) is 5.56 Å². The van der Waals surface area contributed by atoms with E-state index >= 15 is 0 Å². The molecule has 2 rings (SSSR count). The highest BCUT2D eigenvalue weighted by molar-refractivity contribution is 6.05. The maximum atomic E-state index is 12.5. The second kappa shape index (κ2) is 5.55. The number of nitrogens with one attached hydrogen (secondary N) is 1. The van der Waals surface area contributed by atoms with Gasteiger partial charge in [0, 0.05) is 23.1 Å². The van der Waals surface area contributed by atoms with E-state index < -0.39 is 11.7 Å². The number of benzene rings is 1. The van der Waals surface area contributed by atoms with Crippen molar-refractivity contribution >= 4 is 11.6 Å². The summed E-state index contributed by atoms with van der Waals surface area (Å²) < 4.78 is 37.4. The fourth-order valence-electron chi connectivity index (χ4n) is 1.83. The molecule has 0 fully saturated rings. The molecule has 0 saturated carbocycles. The van der Waals surface area contributed by atoms with Crippen LogP contribution in [0.3, 0.4) is 0 Å². The van der Waals surface area contributed by atoms with E-state index in [0.29, 0.717) is 11.3 Å². The standard InChI is InChI=1S/C15H13F3N2O/c1-9-10(2)19-8-7-13(9)14(21)20-12-5-3-11(4-6-12)15(16,17)18/h3-8H,1-2H3,(H,20,21). The molecule has 0 unspecified atom stereocenters. The first-order chi connectivity index (χ1) is 9.79. The highest BCUT2D eigenvalue weighted by Crippen LogP contribution is 2.29. The van der Waals surface area contributed by atoms with Gasteiger partial charge < -0.3 is 5.32 Å². The van der Waals surface area contributed by atoms with Crippen LogP contribution in [0.15, 0.2) is 36.5 Å². The lowest BCUT2D eigenvalue weighted by Gasteiger charge is -2.10. The summed E-state index contributed by atoms with van der Waals surface area (Å²) in [5, 5.41) is 2.57.